The van der Waals surface area contributed by atoms with E-state index < -0.39 is 67.3 Å². The van der Waals surface area contributed by atoms with Crippen molar-refractivity contribution in [1.82, 2.24) is 30.2 Å². The Balaban J connectivity index is 1.53. The van der Waals surface area contributed by atoms with Crippen LogP contribution in [0.1, 0.15) is 30.5 Å². The van der Waals surface area contributed by atoms with E-state index >= 15 is 0 Å². The van der Waals surface area contributed by atoms with E-state index in [0.29, 0.717) is 21.9 Å². The van der Waals surface area contributed by atoms with Gasteiger partial charge < -0.3 is 21.4 Å². The summed E-state index contributed by atoms with van der Waals surface area (Å²) >= 11 is 0. The van der Waals surface area contributed by atoms with E-state index in [-0.39, 0.29) is 13.1 Å². The number of hydrazine groups is 1. The zero-order valence-electron chi connectivity index (χ0n) is 19.0. The predicted octanol–water partition coefficient (Wildman–Crippen LogP) is 1.57. The maximum atomic E-state index is 13.5. The Labute approximate surface area is 204 Å². The normalized spacial score (nSPS) is 18.8. The van der Waals surface area contributed by atoms with Crippen molar-refractivity contribution >= 4 is 17.5 Å². The summed E-state index contributed by atoms with van der Waals surface area (Å²) in [5.74, 6) is -6.18. The Morgan fingerprint density at radius 1 is 1.22 bits per heavy atom. The molecule has 37 heavy (non-hydrogen) atoms. The van der Waals surface area contributed by atoms with E-state index in [1.165, 1.54) is 23.0 Å². The third-order valence-corrected chi connectivity index (χ3v) is 5.60. The van der Waals surface area contributed by atoms with Crippen LogP contribution in [-0.4, -0.2) is 56.0 Å². The third kappa shape index (κ3) is 6.58. The molecule has 0 aromatic carbocycles. The smallest absolute Gasteiger partial charge is 0.389 e. The minimum absolute atomic E-state index is 0.0813. The average Bonchev–Trinajstić information content (AvgIpc) is 3.21. The molecule has 17 heteroatoms. The summed E-state index contributed by atoms with van der Waals surface area (Å²) < 4.78 is 91.0. The van der Waals surface area contributed by atoms with Crippen molar-refractivity contribution in [2.24, 2.45) is 17.5 Å². The molecule has 1 aliphatic carbocycles. The van der Waals surface area contributed by atoms with Crippen LogP contribution in [0.5, 0.6) is 0 Å². The Bertz CT molecular complexity index is 1180. The van der Waals surface area contributed by atoms with Gasteiger partial charge in [0.15, 0.2) is 5.65 Å². The van der Waals surface area contributed by atoms with Gasteiger partial charge in [0.25, 0.3) is 5.91 Å². The van der Waals surface area contributed by atoms with Crippen molar-refractivity contribution in [3.8, 4) is 0 Å². The molecule has 3 rings (SSSR count). The minimum atomic E-state index is -4.44. The first-order chi connectivity index (χ1) is 17.1. The molecule has 0 saturated heterocycles. The lowest BCUT2D eigenvalue weighted by atomic mass is 9.76. The van der Waals surface area contributed by atoms with E-state index in [0.717, 1.165) is 6.20 Å². The Morgan fingerprint density at radius 2 is 1.92 bits per heavy atom. The van der Waals surface area contributed by atoms with Gasteiger partial charge in [0.05, 0.1) is 37.0 Å². The summed E-state index contributed by atoms with van der Waals surface area (Å²) in [6.45, 7) is -0.983. The Hall–Kier alpha value is -3.63. The summed E-state index contributed by atoms with van der Waals surface area (Å²) in [5.41, 5.74) is 6.01. The molecule has 1 saturated carbocycles. The first-order valence-electron chi connectivity index (χ1n) is 10.8. The lowest BCUT2D eigenvalue weighted by Crippen LogP contribution is -2.62. The first-order valence-corrected chi connectivity index (χ1v) is 10.8. The largest absolute Gasteiger partial charge is 0.403 e. The van der Waals surface area contributed by atoms with Gasteiger partial charge in [0.1, 0.15) is 5.70 Å². The van der Waals surface area contributed by atoms with Crippen LogP contribution in [0.3, 0.4) is 0 Å². The number of nitrogens with two attached hydrogens (primary N) is 2. The van der Waals surface area contributed by atoms with E-state index in [1.54, 1.807) is 0 Å². The average molecular weight is 540 g/mol. The zero-order chi connectivity index (χ0) is 27.6. The number of halogens is 7. The summed E-state index contributed by atoms with van der Waals surface area (Å²) in [5, 5.41) is 9.41. The SMILES string of the molecule is N/C=C(/C(=O)NCc1cn2ncc(CNC(=O)CCC(F)(F)F)cc2n1)N(N)CC1CC(F)(F)C1(F)F. The molecular weight excluding hydrogens is 517 g/mol. The van der Waals surface area contributed by atoms with Crippen molar-refractivity contribution in [1.29, 1.82) is 0 Å². The van der Waals surface area contributed by atoms with Gasteiger partial charge in [-0.05, 0) is 11.6 Å². The highest BCUT2D eigenvalue weighted by molar-refractivity contribution is 5.92. The first kappa shape index (κ1) is 27.9. The molecule has 0 radical (unpaired) electrons. The monoisotopic (exact) mass is 540 g/mol. The quantitative estimate of drug-likeness (QED) is 0.155. The van der Waals surface area contributed by atoms with E-state index in [1.807, 2.05) is 0 Å². The topological polar surface area (TPSA) is 144 Å². The van der Waals surface area contributed by atoms with Gasteiger partial charge in [0.2, 0.25) is 5.91 Å². The second-order valence-corrected chi connectivity index (χ2v) is 8.41. The lowest BCUT2D eigenvalue weighted by molar-refractivity contribution is -0.315. The van der Waals surface area contributed by atoms with Crippen molar-refractivity contribution < 1.29 is 40.3 Å². The molecule has 2 heterocycles. The number of hydrogen-bond acceptors (Lipinski definition) is 7. The highest BCUT2D eigenvalue weighted by Gasteiger charge is 2.71. The molecule has 0 bridgehead atoms. The molecule has 0 spiro atoms. The molecule has 1 aliphatic rings. The highest BCUT2D eigenvalue weighted by Crippen LogP contribution is 2.55. The van der Waals surface area contributed by atoms with Crippen LogP contribution >= 0.6 is 0 Å². The number of nitrogens with zero attached hydrogens (tertiary/aromatic N) is 4. The summed E-state index contributed by atoms with van der Waals surface area (Å²) in [6, 6.07) is 1.52. The fraction of sp³-hybridized carbons (Fsp3) is 0.500. The third-order valence-electron chi connectivity index (χ3n) is 5.60. The number of aromatic nitrogens is 3. The van der Waals surface area contributed by atoms with Crippen molar-refractivity contribution in [3.63, 3.8) is 0 Å². The maximum absolute atomic E-state index is 13.5. The van der Waals surface area contributed by atoms with Crippen molar-refractivity contribution in [2.75, 3.05) is 6.54 Å². The molecule has 2 aromatic heterocycles. The summed E-state index contributed by atoms with van der Waals surface area (Å²) in [6.07, 6.45) is -3.90. The number of imidazole rings is 1. The van der Waals surface area contributed by atoms with Gasteiger partial charge in [-0.1, -0.05) is 0 Å². The molecule has 1 unspecified atom stereocenters. The van der Waals surface area contributed by atoms with Crippen LogP contribution in [0.25, 0.3) is 5.65 Å². The van der Waals surface area contributed by atoms with Gasteiger partial charge in [-0.15, -0.1) is 0 Å². The summed E-state index contributed by atoms with van der Waals surface area (Å²) in [7, 11) is 0. The molecule has 6 N–H and O–H groups in total. The van der Waals surface area contributed by atoms with Crippen LogP contribution in [0.2, 0.25) is 0 Å². The van der Waals surface area contributed by atoms with Gasteiger partial charge in [-0.2, -0.15) is 35.8 Å². The van der Waals surface area contributed by atoms with E-state index in [2.05, 4.69) is 20.7 Å². The molecule has 1 atom stereocenters. The minimum Gasteiger partial charge on any atom is -0.403 e. The number of carbonyl (C=O) groups is 2. The van der Waals surface area contributed by atoms with Gasteiger partial charge in [0, 0.05) is 32.1 Å². The van der Waals surface area contributed by atoms with Crippen molar-refractivity contribution in [3.05, 3.63) is 41.6 Å². The van der Waals surface area contributed by atoms with E-state index in [9.17, 15) is 40.3 Å². The van der Waals surface area contributed by atoms with Crippen LogP contribution in [-0.2, 0) is 22.7 Å². The predicted molar refractivity (Wildman–Crippen MR) is 113 cm³/mol. The molecule has 0 aliphatic heterocycles. The molecule has 1 fully saturated rings. The molecule has 10 nitrogen and oxygen atoms in total. The van der Waals surface area contributed by atoms with Crippen molar-refractivity contribution in [2.45, 2.75) is 50.4 Å². The van der Waals surface area contributed by atoms with E-state index in [4.69, 9.17) is 11.6 Å². The fourth-order valence-corrected chi connectivity index (χ4v) is 3.51. The maximum Gasteiger partial charge on any atom is 0.389 e. The lowest BCUT2D eigenvalue weighted by Gasteiger charge is -2.45. The van der Waals surface area contributed by atoms with Crippen LogP contribution in [0.15, 0.2) is 30.4 Å². The van der Waals surface area contributed by atoms with Crippen LogP contribution in [0, 0.1) is 5.92 Å². The zero-order valence-corrected chi connectivity index (χ0v) is 19.0. The van der Waals surface area contributed by atoms with Gasteiger partial charge >= 0.3 is 18.0 Å². The number of amides is 2. The molecule has 204 valence electrons. The summed E-state index contributed by atoms with van der Waals surface area (Å²) in [4.78, 5) is 28.2. The number of hydrogen-bond donors (Lipinski definition) is 4. The van der Waals surface area contributed by atoms with Gasteiger partial charge in [-0.25, -0.2) is 15.3 Å². The molecular formula is C20H23F7N8O2. The number of alkyl halides is 7. The molecule has 2 aromatic rings. The second kappa shape index (κ2) is 10.4. The standard InChI is InChI=1S/C20H23F7N8O2/c21-18(22)4-12(20(18,26)27)9-34(29)14(5-28)17(37)31-8-13-10-35-15(33-13)3-11(7-32-35)6-30-16(36)1-2-19(23,24)25/h3,5,7,10,12H,1-2,4,6,8-9,28-29H2,(H,30,36)(H,31,37)/b14-5-. The molecule has 2 amide bonds. The second-order valence-electron chi connectivity index (χ2n) is 8.41. The number of carbonyl (C=O) groups excluding carboxylic acids is 2. The van der Waals surface area contributed by atoms with Crippen LogP contribution in [0.4, 0.5) is 30.7 Å². The Morgan fingerprint density at radius 3 is 2.51 bits per heavy atom. The number of nitrogens with one attached hydrogen (secondary N) is 2. The Kier molecular flexibility index (Phi) is 7.85. The van der Waals surface area contributed by atoms with Gasteiger partial charge in [-0.3, -0.25) is 9.59 Å². The number of fused-ring (bicyclic) bond motifs is 1. The number of rotatable bonds is 10. The highest BCUT2D eigenvalue weighted by atomic mass is 19.4. The fourth-order valence-electron chi connectivity index (χ4n) is 3.51. The van der Waals surface area contributed by atoms with Crippen LogP contribution < -0.4 is 22.2 Å².